The Bertz CT molecular complexity index is 1260. The maximum Gasteiger partial charge on any atom is 0.209 e. The Morgan fingerprint density at radius 3 is 2.87 bits per heavy atom. The van der Waals surface area contributed by atoms with Crippen molar-refractivity contribution >= 4 is 45.7 Å². The summed E-state index contributed by atoms with van der Waals surface area (Å²) in [4.78, 5) is 26.8. The second-order valence-corrected chi connectivity index (χ2v) is 9.59. The fourth-order valence-corrected chi connectivity index (χ4v) is 5.73. The molecule has 2 fully saturated rings. The third kappa shape index (κ3) is 2.97. The van der Waals surface area contributed by atoms with Crippen LogP contribution in [-0.4, -0.2) is 54.8 Å². The third-order valence-electron chi connectivity index (χ3n) is 6.36. The normalized spacial score (nSPS) is 28.8. The first-order chi connectivity index (χ1) is 14.9. The first kappa shape index (κ1) is 20.4. The van der Waals surface area contributed by atoms with Gasteiger partial charge in [-0.2, -0.15) is 0 Å². The van der Waals surface area contributed by atoms with E-state index in [2.05, 4.69) is 32.1 Å². The third-order valence-corrected chi connectivity index (χ3v) is 7.51. The lowest BCUT2D eigenvalue weighted by Gasteiger charge is -2.23. The predicted octanol–water partition coefficient (Wildman–Crippen LogP) is 2.24. The molecule has 5 atom stereocenters. The summed E-state index contributed by atoms with van der Waals surface area (Å²) in [7, 11) is 1.73. The van der Waals surface area contributed by atoms with E-state index in [1.807, 2.05) is 6.07 Å². The SMILES string of the molecule is CCC(=O)[C@@]12C[C@@H]1[C@@H](n1cnc3c(NC)nc(C#Cc4ccc(Cl)s4)nc31)C(O)[C@H]2O. The number of anilines is 1. The van der Waals surface area contributed by atoms with Crippen molar-refractivity contribution in [3.8, 4) is 11.8 Å². The molecule has 5 rings (SSSR count). The molecule has 10 heteroatoms. The van der Waals surface area contributed by atoms with Crippen LogP contribution in [0.25, 0.3) is 11.2 Å². The molecule has 31 heavy (non-hydrogen) atoms. The maximum atomic E-state index is 12.5. The van der Waals surface area contributed by atoms with Crippen molar-refractivity contribution in [3.05, 3.63) is 33.5 Å². The Kier molecular flexibility index (Phi) is 4.79. The lowest BCUT2D eigenvalue weighted by atomic mass is 9.92. The number of carbonyl (C=O) groups excluding carboxylic acids is 1. The molecule has 160 valence electrons. The lowest BCUT2D eigenvalue weighted by molar-refractivity contribution is -0.130. The number of rotatable bonds is 4. The molecule has 2 saturated carbocycles. The van der Waals surface area contributed by atoms with E-state index in [4.69, 9.17) is 11.6 Å². The fourth-order valence-electron chi connectivity index (χ4n) is 4.84. The summed E-state index contributed by atoms with van der Waals surface area (Å²) in [5, 5.41) is 24.5. The molecule has 0 saturated heterocycles. The molecule has 0 aliphatic heterocycles. The lowest BCUT2D eigenvalue weighted by Crippen LogP contribution is -2.37. The summed E-state index contributed by atoms with van der Waals surface area (Å²) in [6, 6.07) is 3.11. The van der Waals surface area contributed by atoms with Gasteiger partial charge in [0.25, 0.3) is 0 Å². The van der Waals surface area contributed by atoms with Gasteiger partial charge >= 0.3 is 0 Å². The van der Waals surface area contributed by atoms with Gasteiger partial charge < -0.3 is 20.1 Å². The number of hydrogen-bond donors (Lipinski definition) is 3. The van der Waals surface area contributed by atoms with E-state index >= 15 is 0 Å². The zero-order valence-corrected chi connectivity index (χ0v) is 18.4. The second kappa shape index (κ2) is 7.28. The summed E-state index contributed by atoms with van der Waals surface area (Å²) >= 11 is 7.33. The van der Waals surface area contributed by atoms with Crippen LogP contribution in [-0.2, 0) is 4.79 Å². The maximum absolute atomic E-state index is 12.5. The van der Waals surface area contributed by atoms with Crippen molar-refractivity contribution in [3.63, 3.8) is 0 Å². The Labute approximate surface area is 187 Å². The highest BCUT2D eigenvalue weighted by molar-refractivity contribution is 7.16. The van der Waals surface area contributed by atoms with Crippen molar-refractivity contribution in [1.29, 1.82) is 0 Å². The topological polar surface area (TPSA) is 113 Å². The number of nitrogens with one attached hydrogen (secondary N) is 1. The smallest absolute Gasteiger partial charge is 0.209 e. The van der Waals surface area contributed by atoms with Crippen molar-refractivity contribution in [2.24, 2.45) is 11.3 Å². The van der Waals surface area contributed by atoms with E-state index in [1.165, 1.54) is 11.3 Å². The molecular weight excluding hydrogens is 438 g/mol. The number of Topliss-reactive ketones (excluding diaryl/α,β-unsaturated/α-hetero) is 1. The molecule has 3 aromatic rings. The van der Waals surface area contributed by atoms with Crippen LogP contribution >= 0.6 is 22.9 Å². The summed E-state index contributed by atoms with van der Waals surface area (Å²) in [6.45, 7) is 1.78. The zero-order valence-electron chi connectivity index (χ0n) is 16.8. The molecule has 0 bridgehead atoms. The number of ketones is 1. The standard InChI is InChI=1S/C21H20ClN5O3S/c1-3-12(28)21-8-11(21)16(17(29)18(21)30)27-9-24-15-19(23-2)25-14(26-20(15)27)7-5-10-4-6-13(22)31-10/h4,6,9,11,16-18,29-30H,3,8H2,1-2H3,(H,23,25,26)/t11-,16-,17?,18-,21-/m1/s1. The number of fused-ring (bicyclic) bond motifs is 2. The van der Waals surface area contributed by atoms with Gasteiger partial charge in [0.15, 0.2) is 17.0 Å². The molecule has 3 aromatic heterocycles. The molecule has 2 aliphatic rings. The number of nitrogens with zero attached hydrogens (tertiary/aromatic N) is 4. The van der Waals surface area contributed by atoms with Gasteiger partial charge in [-0.1, -0.05) is 18.5 Å². The van der Waals surface area contributed by atoms with E-state index in [-0.39, 0.29) is 11.7 Å². The van der Waals surface area contributed by atoms with Gasteiger partial charge in [0.2, 0.25) is 5.82 Å². The molecule has 0 spiro atoms. The zero-order chi connectivity index (χ0) is 21.9. The molecule has 2 aliphatic carbocycles. The number of thiophene rings is 1. The van der Waals surface area contributed by atoms with Crippen molar-refractivity contribution < 1.29 is 15.0 Å². The number of halogens is 1. The van der Waals surface area contributed by atoms with Gasteiger partial charge in [-0.15, -0.1) is 11.3 Å². The number of aliphatic hydroxyl groups excluding tert-OH is 2. The van der Waals surface area contributed by atoms with Crippen LogP contribution in [0.4, 0.5) is 5.82 Å². The highest BCUT2D eigenvalue weighted by atomic mass is 35.5. The molecule has 0 amide bonds. The Morgan fingerprint density at radius 2 is 2.19 bits per heavy atom. The number of aliphatic hydroxyl groups is 2. The first-order valence-electron chi connectivity index (χ1n) is 9.99. The van der Waals surface area contributed by atoms with Crippen LogP contribution in [0.15, 0.2) is 18.5 Å². The average Bonchev–Trinajstić information content (AvgIpc) is 3.02. The number of carbonyl (C=O) groups is 1. The monoisotopic (exact) mass is 457 g/mol. The van der Waals surface area contributed by atoms with Crippen LogP contribution in [0.5, 0.6) is 0 Å². The van der Waals surface area contributed by atoms with E-state index in [0.717, 1.165) is 4.88 Å². The molecule has 1 unspecified atom stereocenters. The molecule has 0 radical (unpaired) electrons. The van der Waals surface area contributed by atoms with Crippen molar-refractivity contribution in [1.82, 2.24) is 19.5 Å². The summed E-state index contributed by atoms with van der Waals surface area (Å²) in [5.41, 5.74) is 0.166. The van der Waals surface area contributed by atoms with Crippen LogP contribution in [0, 0.1) is 23.2 Å². The van der Waals surface area contributed by atoms with Gasteiger partial charge in [-0.25, -0.2) is 15.0 Å². The van der Waals surface area contributed by atoms with E-state index in [0.29, 0.717) is 40.0 Å². The Balaban J connectivity index is 1.58. The molecule has 3 N–H and O–H groups in total. The number of imidazole rings is 1. The summed E-state index contributed by atoms with van der Waals surface area (Å²) < 4.78 is 2.40. The second-order valence-electron chi connectivity index (χ2n) is 7.88. The predicted molar refractivity (Wildman–Crippen MR) is 117 cm³/mol. The van der Waals surface area contributed by atoms with Crippen LogP contribution in [0.3, 0.4) is 0 Å². The number of aromatic nitrogens is 4. The van der Waals surface area contributed by atoms with Gasteiger partial charge in [-0.05, 0) is 36.3 Å². The highest BCUT2D eigenvalue weighted by Crippen LogP contribution is 2.68. The number of hydrogen-bond acceptors (Lipinski definition) is 8. The van der Waals surface area contributed by atoms with Crippen LogP contribution in [0.2, 0.25) is 4.34 Å². The quantitative estimate of drug-likeness (QED) is 0.515. The highest BCUT2D eigenvalue weighted by Gasteiger charge is 2.74. The van der Waals surface area contributed by atoms with E-state index < -0.39 is 23.7 Å². The Hall–Kier alpha value is -2.51. The van der Waals surface area contributed by atoms with Crippen molar-refractivity contribution in [2.45, 2.75) is 38.0 Å². The largest absolute Gasteiger partial charge is 0.389 e. The van der Waals surface area contributed by atoms with Crippen LogP contribution < -0.4 is 5.32 Å². The Morgan fingerprint density at radius 1 is 1.39 bits per heavy atom. The fraction of sp³-hybridized carbons (Fsp3) is 0.429. The first-order valence-corrected chi connectivity index (χ1v) is 11.2. The van der Waals surface area contributed by atoms with Crippen molar-refractivity contribution in [2.75, 3.05) is 12.4 Å². The van der Waals surface area contributed by atoms with Gasteiger partial charge in [0, 0.05) is 13.5 Å². The average molecular weight is 458 g/mol. The van der Waals surface area contributed by atoms with Gasteiger partial charge in [0.1, 0.15) is 11.9 Å². The summed E-state index contributed by atoms with van der Waals surface area (Å²) in [5.74, 6) is 6.61. The minimum absolute atomic E-state index is 0.0114. The van der Waals surface area contributed by atoms with E-state index in [9.17, 15) is 15.0 Å². The van der Waals surface area contributed by atoms with Crippen LogP contribution in [0.1, 0.15) is 36.5 Å². The van der Waals surface area contributed by atoms with Gasteiger partial charge in [0.05, 0.1) is 33.1 Å². The molecular formula is C21H20ClN5O3S. The molecule has 8 nitrogen and oxygen atoms in total. The summed E-state index contributed by atoms with van der Waals surface area (Å²) in [6.07, 6.45) is 0.291. The van der Waals surface area contributed by atoms with E-state index in [1.54, 1.807) is 30.9 Å². The minimum Gasteiger partial charge on any atom is -0.389 e. The molecule has 0 aromatic carbocycles. The van der Waals surface area contributed by atoms with Gasteiger partial charge in [-0.3, -0.25) is 4.79 Å². The minimum atomic E-state index is -1.10. The molecule has 3 heterocycles.